The van der Waals surface area contributed by atoms with Gasteiger partial charge in [-0.05, 0) is 43.2 Å². The molecule has 1 aromatic heterocycles. The molecule has 1 aliphatic rings. The maximum Gasteiger partial charge on any atom is 0.146 e. The van der Waals surface area contributed by atoms with Crippen molar-refractivity contribution in [2.45, 2.75) is 18.9 Å². The van der Waals surface area contributed by atoms with Crippen molar-refractivity contribution in [3.05, 3.63) is 54.2 Å². The van der Waals surface area contributed by atoms with E-state index in [2.05, 4.69) is 15.2 Å². The van der Waals surface area contributed by atoms with Crippen molar-refractivity contribution >= 4 is 11.5 Å². The Morgan fingerprint density at radius 2 is 1.90 bits per heavy atom. The van der Waals surface area contributed by atoms with Gasteiger partial charge in [-0.2, -0.15) is 0 Å². The number of anilines is 2. The second-order valence-electron chi connectivity index (χ2n) is 5.22. The van der Waals surface area contributed by atoms with Crippen LogP contribution in [0.2, 0.25) is 0 Å². The number of piperidine rings is 1. The largest absolute Gasteiger partial charge is 0.380 e. The highest BCUT2D eigenvalue weighted by molar-refractivity contribution is 5.46. The Hall–Kier alpha value is -2.17. The molecule has 0 radical (unpaired) electrons. The lowest BCUT2D eigenvalue weighted by atomic mass is 10.0. The Bertz CT molecular complexity index is 596. The van der Waals surface area contributed by atoms with Crippen molar-refractivity contribution in [1.29, 1.82) is 0 Å². The van der Waals surface area contributed by atoms with E-state index in [4.69, 9.17) is 0 Å². The van der Waals surface area contributed by atoms with E-state index in [0.717, 1.165) is 43.9 Å². The smallest absolute Gasteiger partial charge is 0.146 e. The van der Waals surface area contributed by atoms with E-state index in [0.29, 0.717) is 0 Å². The van der Waals surface area contributed by atoms with Gasteiger partial charge in [-0.1, -0.05) is 6.07 Å². The number of nitrogens with zero attached hydrogens (tertiary/aromatic N) is 2. The minimum absolute atomic E-state index is 0.154. The topological polar surface area (TPSA) is 28.2 Å². The van der Waals surface area contributed by atoms with Crippen molar-refractivity contribution in [2.24, 2.45) is 0 Å². The number of hydrogen-bond donors (Lipinski definition) is 1. The summed E-state index contributed by atoms with van der Waals surface area (Å²) in [7, 11) is 0. The fourth-order valence-electron chi connectivity index (χ4n) is 2.62. The van der Waals surface area contributed by atoms with Gasteiger partial charge in [0.1, 0.15) is 17.5 Å². The third-order valence-corrected chi connectivity index (χ3v) is 3.76. The molecule has 1 fully saturated rings. The summed E-state index contributed by atoms with van der Waals surface area (Å²) in [6.45, 7) is 1.71. The molecule has 0 bridgehead atoms. The maximum absolute atomic E-state index is 13.6. The van der Waals surface area contributed by atoms with Crippen LogP contribution in [0, 0.1) is 11.6 Å². The first-order valence-electron chi connectivity index (χ1n) is 7.10. The summed E-state index contributed by atoms with van der Waals surface area (Å²) in [5, 5.41) is 3.10. The first kappa shape index (κ1) is 13.8. The van der Waals surface area contributed by atoms with Crippen molar-refractivity contribution in [1.82, 2.24) is 4.98 Å². The number of aromatic nitrogens is 1. The Balaban J connectivity index is 1.60. The van der Waals surface area contributed by atoms with Gasteiger partial charge in [0, 0.05) is 25.3 Å². The number of benzene rings is 1. The second kappa shape index (κ2) is 6.08. The fraction of sp³-hybridized carbons (Fsp3) is 0.312. The molecular formula is C16H17F2N3. The second-order valence-corrected chi connectivity index (χ2v) is 5.22. The third-order valence-electron chi connectivity index (χ3n) is 3.76. The van der Waals surface area contributed by atoms with Crippen molar-refractivity contribution in [2.75, 3.05) is 23.3 Å². The van der Waals surface area contributed by atoms with Gasteiger partial charge >= 0.3 is 0 Å². The molecule has 5 heteroatoms. The van der Waals surface area contributed by atoms with Gasteiger partial charge in [0.15, 0.2) is 0 Å². The minimum atomic E-state index is -0.426. The predicted octanol–water partition coefficient (Wildman–Crippen LogP) is 3.44. The lowest BCUT2D eigenvalue weighted by Crippen LogP contribution is -2.39. The van der Waals surface area contributed by atoms with Crippen LogP contribution in [0.1, 0.15) is 12.8 Å². The molecule has 2 aromatic rings. The Morgan fingerprint density at radius 3 is 2.62 bits per heavy atom. The maximum atomic E-state index is 13.6. The molecule has 0 aliphatic carbocycles. The lowest BCUT2D eigenvalue weighted by molar-refractivity contribution is 0.518. The molecule has 1 N–H and O–H groups in total. The Kier molecular flexibility index (Phi) is 3.99. The molecule has 3 rings (SSSR count). The molecule has 0 spiro atoms. The SMILES string of the molecule is Fc1ccc(F)c(NC2CCN(c3ccccn3)CC2)c1. The van der Waals surface area contributed by atoms with Gasteiger partial charge in [0.25, 0.3) is 0 Å². The van der Waals surface area contributed by atoms with Crippen LogP contribution in [0.4, 0.5) is 20.3 Å². The normalized spacial score (nSPS) is 16.0. The van der Waals surface area contributed by atoms with Gasteiger partial charge < -0.3 is 10.2 Å². The number of halogens is 2. The zero-order valence-corrected chi connectivity index (χ0v) is 11.6. The average molecular weight is 289 g/mol. The molecule has 0 amide bonds. The van der Waals surface area contributed by atoms with Gasteiger partial charge in [-0.25, -0.2) is 13.8 Å². The minimum Gasteiger partial charge on any atom is -0.380 e. The Labute approximate surface area is 122 Å². The van der Waals surface area contributed by atoms with Crippen LogP contribution >= 0.6 is 0 Å². The lowest BCUT2D eigenvalue weighted by Gasteiger charge is -2.33. The van der Waals surface area contributed by atoms with Crippen molar-refractivity contribution in [3.63, 3.8) is 0 Å². The summed E-state index contributed by atoms with van der Waals surface area (Å²) in [4.78, 5) is 6.54. The molecule has 0 unspecified atom stereocenters. The fourth-order valence-corrected chi connectivity index (χ4v) is 2.62. The molecule has 1 saturated heterocycles. The average Bonchev–Trinajstić information content (AvgIpc) is 2.53. The van der Waals surface area contributed by atoms with E-state index in [1.807, 2.05) is 18.2 Å². The van der Waals surface area contributed by atoms with Crippen LogP contribution in [-0.2, 0) is 0 Å². The van der Waals surface area contributed by atoms with Crippen LogP contribution < -0.4 is 10.2 Å². The number of hydrogen-bond acceptors (Lipinski definition) is 3. The zero-order valence-electron chi connectivity index (χ0n) is 11.6. The first-order valence-corrected chi connectivity index (χ1v) is 7.10. The van der Waals surface area contributed by atoms with Crippen molar-refractivity contribution < 1.29 is 8.78 Å². The van der Waals surface area contributed by atoms with Crippen LogP contribution in [0.15, 0.2) is 42.6 Å². The molecule has 110 valence electrons. The van der Waals surface area contributed by atoms with Crippen LogP contribution in [0.5, 0.6) is 0 Å². The highest BCUT2D eigenvalue weighted by Gasteiger charge is 2.20. The van der Waals surface area contributed by atoms with Gasteiger partial charge in [-0.15, -0.1) is 0 Å². The van der Waals surface area contributed by atoms with E-state index < -0.39 is 11.6 Å². The summed E-state index contributed by atoms with van der Waals surface area (Å²) >= 11 is 0. The molecule has 0 saturated carbocycles. The third kappa shape index (κ3) is 3.29. The van der Waals surface area contributed by atoms with Gasteiger partial charge in [0.05, 0.1) is 5.69 Å². The molecule has 0 atom stereocenters. The van der Waals surface area contributed by atoms with Gasteiger partial charge in [0.2, 0.25) is 0 Å². The number of pyridine rings is 1. The van der Waals surface area contributed by atoms with Gasteiger partial charge in [-0.3, -0.25) is 0 Å². The quantitative estimate of drug-likeness (QED) is 0.938. The summed E-state index contributed by atoms with van der Waals surface area (Å²) in [5.41, 5.74) is 0.242. The van der Waals surface area contributed by atoms with Crippen molar-refractivity contribution in [3.8, 4) is 0 Å². The Morgan fingerprint density at radius 1 is 1.10 bits per heavy atom. The number of rotatable bonds is 3. The summed E-state index contributed by atoms with van der Waals surface area (Å²) in [6.07, 6.45) is 3.51. The highest BCUT2D eigenvalue weighted by atomic mass is 19.1. The van der Waals surface area contributed by atoms with Crippen LogP contribution in [0.3, 0.4) is 0 Å². The van der Waals surface area contributed by atoms with E-state index >= 15 is 0 Å². The van der Waals surface area contributed by atoms with E-state index in [1.165, 1.54) is 6.07 Å². The summed E-state index contributed by atoms with van der Waals surface area (Å²) < 4.78 is 26.8. The molecule has 1 aliphatic heterocycles. The highest BCUT2D eigenvalue weighted by Crippen LogP contribution is 2.22. The van der Waals surface area contributed by atoms with E-state index in [1.54, 1.807) is 6.20 Å². The monoisotopic (exact) mass is 289 g/mol. The zero-order chi connectivity index (χ0) is 14.7. The molecular weight excluding hydrogens is 272 g/mol. The molecule has 3 nitrogen and oxygen atoms in total. The summed E-state index contributed by atoms with van der Waals surface area (Å²) in [6, 6.07) is 9.49. The first-order chi connectivity index (χ1) is 10.2. The standard InChI is InChI=1S/C16H17F2N3/c17-12-4-5-14(18)15(11-12)20-13-6-9-21(10-7-13)16-3-1-2-8-19-16/h1-5,8,11,13,20H,6-7,9-10H2. The molecule has 1 aromatic carbocycles. The van der Waals surface area contributed by atoms with Crippen LogP contribution in [-0.4, -0.2) is 24.1 Å². The predicted molar refractivity (Wildman–Crippen MR) is 79.5 cm³/mol. The molecule has 2 heterocycles. The molecule has 21 heavy (non-hydrogen) atoms. The number of nitrogens with one attached hydrogen (secondary N) is 1. The van der Waals surface area contributed by atoms with E-state index in [9.17, 15) is 8.78 Å². The summed E-state index contributed by atoms with van der Waals surface area (Å²) in [5.74, 6) is 0.126. The van der Waals surface area contributed by atoms with Crippen LogP contribution in [0.25, 0.3) is 0 Å². The van der Waals surface area contributed by atoms with E-state index in [-0.39, 0.29) is 11.7 Å².